The van der Waals surface area contributed by atoms with E-state index in [4.69, 9.17) is 0 Å². The summed E-state index contributed by atoms with van der Waals surface area (Å²) in [5, 5.41) is 18.4. The third-order valence-electron chi connectivity index (χ3n) is 5.64. The van der Waals surface area contributed by atoms with Crippen LogP contribution < -0.4 is 10.2 Å². The van der Waals surface area contributed by atoms with E-state index >= 15 is 0 Å². The average molecular weight is 379 g/mol. The van der Waals surface area contributed by atoms with Crippen LogP contribution in [0.3, 0.4) is 0 Å². The first-order chi connectivity index (χ1) is 13.1. The summed E-state index contributed by atoms with van der Waals surface area (Å²) in [6.45, 7) is 9.10. The van der Waals surface area contributed by atoms with Crippen molar-refractivity contribution in [2.24, 2.45) is 7.05 Å². The Hall–Kier alpha value is -2.47. The van der Waals surface area contributed by atoms with Gasteiger partial charge in [-0.2, -0.15) is 5.10 Å². The summed E-state index contributed by atoms with van der Waals surface area (Å²) < 4.78 is 1.83. The minimum atomic E-state index is 0.104. The smallest absolute Gasteiger partial charge is 0.151 e. The molecule has 0 amide bonds. The molecule has 6 heteroatoms. The van der Waals surface area contributed by atoms with Crippen LogP contribution in [0.5, 0.6) is 0 Å². The molecular formula is C22H30N6. The average Bonchev–Trinajstić information content (AvgIpc) is 2.97. The number of hydrogen-bond acceptors (Lipinski definition) is 5. The number of piperidine rings is 1. The number of aromatic nitrogens is 4. The number of hydrogen-bond donors (Lipinski definition) is 1. The second-order valence-corrected chi connectivity index (χ2v) is 9.42. The van der Waals surface area contributed by atoms with E-state index in [1.54, 1.807) is 0 Å². The molecule has 3 aromatic rings. The summed E-state index contributed by atoms with van der Waals surface area (Å²) in [7, 11) is 4.07. The van der Waals surface area contributed by atoms with Crippen molar-refractivity contribution < 1.29 is 0 Å². The maximum Gasteiger partial charge on any atom is 0.151 e. The van der Waals surface area contributed by atoms with E-state index in [1.807, 2.05) is 24.0 Å². The number of benzene rings is 1. The first kappa shape index (κ1) is 18.9. The molecule has 0 atom stereocenters. The molecule has 0 aliphatic carbocycles. The molecule has 0 saturated carbocycles. The molecule has 1 aliphatic heterocycles. The molecule has 148 valence electrons. The zero-order valence-corrected chi connectivity index (χ0v) is 17.7. The molecule has 1 fully saturated rings. The van der Waals surface area contributed by atoms with Crippen LogP contribution in [0.25, 0.3) is 22.2 Å². The molecule has 0 unspecified atom stereocenters. The molecule has 1 saturated heterocycles. The molecule has 28 heavy (non-hydrogen) atoms. The Morgan fingerprint density at radius 2 is 1.75 bits per heavy atom. The zero-order valence-electron chi connectivity index (χ0n) is 17.7. The van der Waals surface area contributed by atoms with Gasteiger partial charge in [-0.05, 0) is 64.8 Å². The highest BCUT2D eigenvalue weighted by Crippen LogP contribution is 2.33. The van der Waals surface area contributed by atoms with Gasteiger partial charge in [-0.15, -0.1) is 10.2 Å². The van der Waals surface area contributed by atoms with Gasteiger partial charge in [-0.1, -0.05) is 6.07 Å². The van der Waals surface area contributed by atoms with Crippen molar-refractivity contribution in [3.8, 4) is 11.3 Å². The van der Waals surface area contributed by atoms with Crippen molar-refractivity contribution in [2.75, 3.05) is 11.9 Å². The molecule has 0 spiro atoms. The van der Waals surface area contributed by atoms with Crippen LogP contribution in [0.4, 0.5) is 5.82 Å². The van der Waals surface area contributed by atoms with Gasteiger partial charge < -0.3 is 10.2 Å². The Balaban J connectivity index is 1.56. The van der Waals surface area contributed by atoms with Crippen molar-refractivity contribution in [3.05, 3.63) is 36.5 Å². The molecule has 1 aromatic carbocycles. The van der Waals surface area contributed by atoms with E-state index in [0.29, 0.717) is 6.04 Å². The van der Waals surface area contributed by atoms with Crippen molar-refractivity contribution in [3.63, 3.8) is 0 Å². The van der Waals surface area contributed by atoms with Crippen LogP contribution in [-0.2, 0) is 7.05 Å². The first-order valence-electron chi connectivity index (χ1n) is 9.92. The van der Waals surface area contributed by atoms with Crippen LogP contribution in [0.15, 0.2) is 36.5 Å². The minimum Gasteiger partial charge on any atom is -0.355 e. The highest BCUT2D eigenvalue weighted by Gasteiger charge is 2.39. The van der Waals surface area contributed by atoms with Gasteiger partial charge in [0.25, 0.3) is 0 Å². The summed E-state index contributed by atoms with van der Waals surface area (Å²) in [4.78, 5) is 2.28. The summed E-state index contributed by atoms with van der Waals surface area (Å²) >= 11 is 0. The monoisotopic (exact) mass is 378 g/mol. The Kier molecular flexibility index (Phi) is 4.42. The van der Waals surface area contributed by atoms with Crippen LogP contribution >= 0.6 is 0 Å². The van der Waals surface area contributed by atoms with Crippen molar-refractivity contribution in [1.29, 1.82) is 0 Å². The number of aryl methyl sites for hydroxylation is 1. The lowest BCUT2D eigenvalue weighted by atomic mass is 9.79. The predicted molar refractivity (Wildman–Crippen MR) is 114 cm³/mol. The van der Waals surface area contributed by atoms with E-state index in [2.05, 4.69) is 84.5 Å². The number of fused-ring (bicyclic) bond motifs is 1. The zero-order chi connectivity index (χ0) is 20.1. The Morgan fingerprint density at radius 3 is 2.39 bits per heavy atom. The highest BCUT2D eigenvalue weighted by molar-refractivity contribution is 5.83. The minimum absolute atomic E-state index is 0.104. The molecule has 1 aliphatic rings. The van der Waals surface area contributed by atoms with Gasteiger partial charge in [0.05, 0.1) is 11.2 Å². The quantitative estimate of drug-likeness (QED) is 0.752. The lowest BCUT2D eigenvalue weighted by Gasteiger charge is -2.49. The molecule has 0 bridgehead atoms. The second kappa shape index (κ2) is 6.55. The Morgan fingerprint density at radius 1 is 1.04 bits per heavy atom. The van der Waals surface area contributed by atoms with Crippen LogP contribution in [0.2, 0.25) is 0 Å². The molecule has 2 aromatic heterocycles. The fourth-order valence-electron chi connectivity index (χ4n) is 4.71. The molecule has 4 rings (SSSR count). The van der Waals surface area contributed by atoms with Crippen LogP contribution in [-0.4, -0.2) is 44.1 Å². The number of rotatable bonds is 3. The fourth-order valence-corrected chi connectivity index (χ4v) is 4.71. The molecule has 3 heterocycles. The number of anilines is 1. The second-order valence-electron chi connectivity index (χ2n) is 9.42. The SMILES string of the molecule is CN(c1ccc(-c2ccc3nn(C)cc3c2)nn1)C1CC(C)(C)NC(C)(C)C1. The van der Waals surface area contributed by atoms with E-state index in [-0.39, 0.29) is 11.1 Å². The Labute approximate surface area is 167 Å². The third-order valence-corrected chi connectivity index (χ3v) is 5.64. The largest absolute Gasteiger partial charge is 0.355 e. The fraction of sp³-hybridized carbons (Fsp3) is 0.500. The van der Waals surface area contributed by atoms with E-state index in [0.717, 1.165) is 40.8 Å². The van der Waals surface area contributed by atoms with E-state index in [1.165, 1.54) is 0 Å². The lowest BCUT2D eigenvalue weighted by molar-refractivity contribution is 0.160. The van der Waals surface area contributed by atoms with Gasteiger partial charge in [0.2, 0.25) is 0 Å². The third kappa shape index (κ3) is 3.74. The number of nitrogens with zero attached hydrogens (tertiary/aromatic N) is 5. The number of nitrogens with one attached hydrogen (secondary N) is 1. The van der Waals surface area contributed by atoms with Crippen molar-refractivity contribution in [1.82, 2.24) is 25.3 Å². The van der Waals surface area contributed by atoms with Gasteiger partial charge in [-0.3, -0.25) is 4.68 Å². The normalized spacial score (nSPS) is 19.1. The summed E-state index contributed by atoms with van der Waals surface area (Å²) in [6.07, 6.45) is 4.18. The lowest BCUT2D eigenvalue weighted by Crippen LogP contribution is -2.62. The van der Waals surface area contributed by atoms with Crippen molar-refractivity contribution in [2.45, 2.75) is 57.7 Å². The molecule has 1 N–H and O–H groups in total. The topological polar surface area (TPSA) is 58.9 Å². The summed E-state index contributed by atoms with van der Waals surface area (Å²) in [5.41, 5.74) is 3.15. The molecule has 0 radical (unpaired) electrons. The van der Waals surface area contributed by atoms with Gasteiger partial charge in [-0.25, -0.2) is 0 Å². The summed E-state index contributed by atoms with van der Waals surface area (Å²) in [5.74, 6) is 0.921. The van der Waals surface area contributed by atoms with Gasteiger partial charge in [0, 0.05) is 48.4 Å². The maximum absolute atomic E-state index is 4.55. The van der Waals surface area contributed by atoms with Gasteiger partial charge in [0.15, 0.2) is 5.82 Å². The van der Waals surface area contributed by atoms with Crippen molar-refractivity contribution >= 4 is 16.7 Å². The van der Waals surface area contributed by atoms with E-state index in [9.17, 15) is 0 Å². The van der Waals surface area contributed by atoms with Gasteiger partial charge >= 0.3 is 0 Å². The highest BCUT2D eigenvalue weighted by atomic mass is 15.3. The Bertz CT molecular complexity index is 970. The summed E-state index contributed by atoms with van der Waals surface area (Å²) in [6, 6.07) is 10.8. The molecular weight excluding hydrogens is 348 g/mol. The van der Waals surface area contributed by atoms with Gasteiger partial charge in [0.1, 0.15) is 0 Å². The molecule has 6 nitrogen and oxygen atoms in total. The van der Waals surface area contributed by atoms with E-state index < -0.39 is 0 Å². The van der Waals surface area contributed by atoms with Crippen LogP contribution in [0.1, 0.15) is 40.5 Å². The standard InChI is InChI=1S/C22H30N6/c1-21(2)12-17(13-22(3,4)26-21)28(6)20-10-9-18(23-24-20)15-7-8-19-16(11-15)14-27(5)25-19/h7-11,14,17,26H,12-13H2,1-6H3. The first-order valence-corrected chi connectivity index (χ1v) is 9.92. The van der Waals surface area contributed by atoms with Crippen LogP contribution in [0, 0.1) is 0 Å². The predicted octanol–water partition coefficient (Wildman–Crippen LogP) is 3.78. The maximum atomic E-state index is 4.55.